The van der Waals surface area contributed by atoms with Crippen LogP contribution in [0.1, 0.15) is 10.4 Å². The molecule has 6 nitrogen and oxygen atoms in total. The maximum atomic E-state index is 12.1. The third-order valence-electron chi connectivity index (χ3n) is 3.15. The van der Waals surface area contributed by atoms with Gasteiger partial charge in [-0.15, -0.1) is 0 Å². The highest BCUT2D eigenvalue weighted by molar-refractivity contribution is 7.90. The first-order chi connectivity index (χ1) is 12.1. The summed E-state index contributed by atoms with van der Waals surface area (Å²) < 4.78 is 28.0. The fourth-order valence-corrected chi connectivity index (χ4v) is 3.08. The molecule has 0 aromatic heterocycles. The molecule has 0 atom stereocenters. The number of nitrogens with one attached hydrogen (secondary N) is 1. The Morgan fingerprint density at radius 3 is 2.42 bits per heavy atom. The number of rotatable bonds is 5. The molecular weight excluding hydrogens is 425 g/mol. The fourth-order valence-electron chi connectivity index (χ4n) is 1.89. The van der Waals surface area contributed by atoms with Crippen LogP contribution >= 0.6 is 34.8 Å². The number of amides is 1. The van der Waals surface area contributed by atoms with E-state index in [1.807, 2.05) is 0 Å². The number of carbonyl (C=O) groups is 2. The van der Waals surface area contributed by atoms with Gasteiger partial charge in [0.25, 0.3) is 5.91 Å². The van der Waals surface area contributed by atoms with Crippen molar-refractivity contribution in [3.8, 4) is 0 Å². The Kier molecular flexibility index (Phi) is 6.52. The molecule has 26 heavy (non-hydrogen) atoms. The van der Waals surface area contributed by atoms with Crippen molar-refractivity contribution < 1.29 is 22.7 Å². The highest BCUT2D eigenvalue weighted by atomic mass is 35.5. The van der Waals surface area contributed by atoms with Crippen LogP contribution in [0.25, 0.3) is 0 Å². The molecule has 1 N–H and O–H groups in total. The molecule has 10 heteroatoms. The van der Waals surface area contributed by atoms with Crippen LogP contribution in [0.15, 0.2) is 41.3 Å². The minimum absolute atomic E-state index is 0.000642. The standard InChI is InChI=1S/C16H12Cl3NO5S/c1-26(23,24)9-5-6-11(17)10(7-9)16(22)25-8-14(21)20-13-4-2-3-12(18)15(13)19/h2-7H,8H2,1H3,(H,20,21). The zero-order valence-corrected chi connectivity index (χ0v) is 16.3. The Morgan fingerprint density at radius 1 is 1.08 bits per heavy atom. The monoisotopic (exact) mass is 435 g/mol. The summed E-state index contributed by atoms with van der Waals surface area (Å²) in [5, 5.41) is 2.85. The van der Waals surface area contributed by atoms with Gasteiger partial charge in [0.1, 0.15) is 0 Å². The molecule has 0 aliphatic carbocycles. The van der Waals surface area contributed by atoms with Gasteiger partial charge >= 0.3 is 5.97 Å². The second kappa shape index (κ2) is 8.26. The van der Waals surface area contributed by atoms with Gasteiger partial charge in [-0.1, -0.05) is 40.9 Å². The Hall–Kier alpha value is -1.80. The Morgan fingerprint density at radius 2 is 1.77 bits per heavy atom. The maximum absolute atomic E-state index is 12.1. The molecule has 0 aliphatic heterocycles. The van der Waals surface area contributed by atoms with E-state index in [2.05, 4.69) is 5.32 Å². The van der Waals surface area contributed by atoms with Gasteiger partial charge in [0, 0.05) is 6.26 Å². The lowest BCUT2D eigenvalue weighted by Crippen LogP contribution is -2.21. The summed E-state index contributed by atoms with van der Waals surface area (Å²) in [7, 11) is -3.53. The van der Waals surface area contributed by atoms with Crippen LogP contribution in [-0.2, 0) is 19.4 Å². The van der Waals surface area contributed by atoms with Crippen molar-refractivity contribution in [1.29, 1.82) is 0 Å². The summed E-state index contributed by atoms with van der Waals surface area (Å²) >= 11 is 17.7. The van der Waals surface area contributed by atoms with Gasteiger partial charge in [-0.05, 0) is 30.3 Å². The number of ether oxygens (including phenoxy) is 1. The summed E-state index contributed by atoms with van der Waals surface area (Å²) in [6, 6.07) is 8.29. The maximum Gasteiger partial charge on any atom is 0.340 e. The van der Waals surface area contributed by atoms with Crippen LogP contribution in [0.5, 0.6) is 0 Å². The van der Waals surface area contributed by atoms with Gasteiger partial charge in [0.05, 0.1) is 31.2 Å². The molecule has 2 rings (SSSR count). The highest BCUT2D eigenvalue weighted by Gasteiger charge is 2.18. The Bertz CT molecular complexity index is 976. The average Bonchev–Trinajstić information content (AvgIpc) is 2.56. The lowest BCUT2D eigenvalue weighted by atomic mass is 10.2. The van der Waals surface area contributed by atoms with Gasteiger partial charge in [-0.2, -0.15) is 0 Å². The summed E-state index contributed by atoms with van der Waals surface area (Å²) in [6.07, 6.45) is 0.994. The lowest BCUT2D eigenvalue weighted by Gasteiger charge is -2.10. The molecule has 0 aliphatic rings. The molecule has 0 bridgehead atoms. The van der Waals surface area contributed by atoms with Gasteiger partial charge in [-0.25, -0.2) is 13.2 Å². The normalized spacial score (nSPS) is 11.1. The van der Waals surface area contributed by atoms with Crippen LogP contribution in [0.3, 0.4) is 0 Å². The number of hydrogen-bond donors (Lipinski definition) is 1. The lowest BCUT2D eigenvalue weighted by molar-refractivity contribution is -0.119. The molecule has 0 radical (unpaired) electrons. The minimum Gasteiger partial charge on any atom is -0.452 e. The molecule has 2 aromatic rings. The number of anilines is 1. The second-order valence-electron chi connectivity index (χ2n) is 5.14. The topological polar surface area (TPSA) is 89.5 Å². The zero-order chi connectivity index (χ0) is 19.5. The Balaban J connectivity index is 2.07. The van der Waals surface area contributed by atoms with Crippen LogP contribution < -0.4 is 5.32 Å². The third kappa shape index (κ3) is 5.11. The van der Waals surface area contributed by atoms with Crippen molar-refractivity contribution in [2.24, 2.45) is 0 Å². The van der Waals surface area contributed by atoms with Crippen molar-refractivity contribution in [2.75, 3.05) is 18.2 Å². The predicted octanol–water partition coefficient (Wildman–Crippen LogP) is 3.85. The number of benzene rings is 2. The van der Waals surface area contributed by atoms with E-state index < -0.39 is 28.3 Å². The summed E-state index contributed by atoms with van der Waals surface area (Å²) in [4.78, 5) is 23.9. The van der Waals surface area contributed by atoms with Crippen LogP contribution in [0.4, 0.5) is 5.69 Å². The smallest absolute Gasteiger partial charge is 0.340 e. The van der Waals surface area contributed by atoms with Crippen LogP contribution in [-0.4, -0.2) is 33.2 Å². The number of hydrogen-bond acceptors (Lipinski definition) is 5. The predicted molar refractivity (Wildman–Crippen MR) is 99.9 cm³/mol. The van der Waals surface area contributed by atoms with E-state index in [9.17, 15) is 18.0 Å². The van der Waals surface area contributed by atoms with Crippen molar-refractivity contribution in [1.82, 2.24) is 0 Å². The number of esters is 1. The molecule has 0 spiro atoms. The van der Waals surface area contributed by atoms with Crippen molar-refractivity contribution in [3.05, 3.63) is 57.0 Å². The number of sulfone groups is 1. The van der Waals surface area contributed by atoms with E-state index >= 15 is 0 Å². The van der Waals surface area contributed by atoms with Gasteiger partial charge < -0.3 is 10.1 Å². The molecule has 1 amide bonds. The highest BCUT2D eigenvalue weighted by Crippen LogP contribution is 2.29. The largest absolute Gasteiger partial charge is 0.452 e. The first-order valence-corrected chi connectivity index (χ1v) is 10.0. The van der Waals surface area contributed by atoms with E-state index in [0.29, 0.717) is 0 Å². The SMILES string of the molecule is CS(=O)(=O)c1ccc(Cl)c(C(=O)OCC(=O)Nc2cccc(Cl)c2Cl)c1. The summed E-state index contributed by atoms with van der Waals surface area (Å²) in [5.74, 6) is -1.59. The molecule has 0 unspecified atom stereocenters. The average molecular weight is 437 g/mol. The van der Waals surface area contributed by atoms with E-state index in [1.165, 1.54) is 18.2 Å². The quantitative estimate of drug-likeness (QED) is 0.719. The van der Waals surface area contributed by atoms with Gasteiger partial charge in [0.15, 0.2) is 16.4 Å². The number of carbonyl (C=O) groups excluding carboxylic acids is 2. The van der Waals surface area contributed by atoms with E-state index in [0.717, 1.165) is 12.3 Å². The van der Waals surface area contributed by atoms with E-state index in [-0.39, 0.29) is 31.2 Å². The third-order valence-corrected chi connectivity index (χ3v) is 5.40. The summed E-state index contributed by atoms with van der Waals surface area (Å²) in [5.41, 5.74) is 0.0977. The molecule has 0 heterocycles. The van der Waals surface area contributed by atoms with E-state index in [1.54, 1.807) is 12.1 Å². The van der Waals surface area contributed by atoms with Crippen molar-refractivity contribution in [3.63, 3.8) is 0 Å². The number of halogens is 3. The first-order valence-electron chi connectivity index (χ1n) is 7.00. The fraction of sp³-hybridized carbons (Fsp3) is 0.125. The Labute approximate surface area is 164 Å². The molecule has 2 aromatic carbocycles. The molecule has 0 saturated heterocycles. The first kappa shape index (κ1) is 20.5. The summed E-state index contributed by atoms with van der Waals surface area (Å²) in [6.45, 7) is -0.624. The zero-order valence-electron chi connectivity index (χ0n) is 13.3. The van der Waals surface area contributed by atoms with Gasteiger partial charge in [-0.3, -0.25) is 4.79 Å². The van der Waals surface area contributed by atoms with Crippen LogP contribution in [0.2, 0.25) is 15.1 Å². The molecular formula is C16H12Cl3NO5S. The molecule has 0 saturated carbocycles. The van der Waals surface area contributed by atoms with Gasteiger partial charge in [0.2, 0.25) is 0 Å². The molecule has 0 fully saturated rings. The van der Waals surface area contributed by atoms with E-state index in [4.69, 9.17) is 39.5 Å². The van der Waals surface area contributed by atoms with Crippen molar-refractivity contribution >= 4 is 62.2 Å². The molecule has 138 valence electrons. The minimum atomic E-state index is -3.53. The second-order valence-corrected chi connectivity index (χ2v) is 8.35. The van der Waals surface area contributed by atoms with Crippen molar-refractivity contribution in [2.45, 2.75) is 4.90 Å². The van der Waals surface area contributed by atoms with Crippen LogP contribution in [0, 0.1) is 0 Å².